The molecule has 0 radical (unpaired) electrons. The van der Waals surface area contributed by atoms with E-state index in [1.165, 1.54) is 24.3 Å². The van der Waals surface area contributed by atoms with Gasteiger partial charge in [0, 0.05) is 38.3 Å². The molecule has 7 heteroatoms. The first-order valence-corrected chi connectivity index (χ1v) is 6.07. The first-order valence-electron chi connectivity index (χ1n) is 6.07. The Labute approximate surface area is 109 Å². The molecule has 19 heavy (non-hydrogen) atoms. The van der Waals surface area contributed by atoms with E-state index >= 15 is 0 Å². The molecule has 1 N–H and O–H groups in total. The predicted octanol–water partition coefficient (Wildman–Crippen LogP) is 1.81. The summed E-state index contributed by atoms with van der Waals surface area (Å²) in [6.07, 6.45) is -2.51. The van der Waals surface area contributed by atoms with Crippen molar-refractivity contribution in [3.63, 3.8) is 0 Å². The molecule has 0 unspecified atom stereocenters. The Hall–Kier alpha value is -1.60. The zero-order valence-electron chi connectivity index (χ0n) is 10.3. The number of piperazine rings is 1. The van der Waals surface area contributed by atoms with Gasteiger partial charge >= 0.3 is 0 Å². The van der Waals surface area contributed by atoms with Gasteiger partial charge in [-0.1, -0.05) is 12.1 Å². The summed E-state index contributed by atoms with van der Waals surface area (Å²) in [5.74, 6) is 0. The van der Waals surface area contributed by atoms with Gasteiger partial charge in [0.1, 0.15) is 0 Å². The molecule has 1 aromatic rings. The van der Waals surface area contributed by atoms with Crippen LogP contribution in [-0.4, -0.2) is 42.4 Å². The van der Waals surface area contributed by atoms with Gasteiger partial charge in [-0.2, -0.15) is 0 Å². The van der Waals surface area contributed by atoms with Crippen molar-refractivity contribution in [1.82, 2.24) is 10.2 Å². The van der Waals surface area contributed by atoms with E-state index in [2.05, 4.69) is 5.32 Å². The largest absolute Gasteiger partial charge is 0.314 e. The molecular formula is C12H15F2N3O2. The zero-order valence-corrected chi connectivity index (χ0v) is 10.3. The summed E-state index contributed by atoms with van der Waals surface area (Å²) in [4.78, 5) is 11.7. The zero-order chi connectivity index (χ0) is 13.8. The third-order valence-corrected chi connectivity index (χ3v) is 3.23. The number of rotatable bonds is 4. The van der Waals surface area contributed by atoms with Gasteiger partial charge in [0.05, 0.1) is 11.0 Å². The first kappa shape index (κ1) is 13.8. The molecule has 0 amide bonds. The van der Waals surface area contributed by atoms with Gasteiger partial charge in [0.15, 0.2) is 0 Å². The fourth-order valence-corrected chi connectivity index (χ4v) is 2.27. The normalized spacial score (nSPS) is 18.5. The van der Waals surface area contributed by atoms with E-state index < -0.39 is 17.4 Å². The van der Waals surface area contributed by atoms with E-state index in [1.807, 2.05) is 0 Å². The summed E-state index contributed by atoms with van der Waals surface area (Å²) < 4.78 is 26.5. The minimum atomic E-state index is -2.51. The topological polar surface area (TPSA) is 58.4 Å². The highest BCUT2D eigenvalue weighted by Crippen LogP contribution is 2.29. The van der Waals surface area contributed by atoms with Crippen molar-refractivity contribution in [2.75, 3.05) is 26.2 Å². The SMILES string of the molecule is O=[N+]([O-])c1ccc([C@@H](C(F)F)N2CCNCC2)cc1. The predicted molar refractivity (Wildman–Crippen MR) is 66.3 cm³/mol. The Bertz CT molecular complexity index is 433. The van der Waals surface area contributed by atoms with Gasteiger partial charge in [-0.05, 0) is 5.56 Å². The van der Waals surface area contributed by atoms with Gasteiger partial charge in [-0.25, -0.2) is 8.78 Å². The summed E-state index contributed by atoms with van der Waals surface area (Å²) in [6.45, 7) is 2.45. The number of alkyl halides is 2. The van der Waals surface area contributed by atoms with Gasteiger partial charge < -0.3 is 5.32 Å². The van der Waals surface area contributed by atoms with E-state index in [-0.39, 0.29) is 5.69 Å². The van der Waals surface area contributed by atoms with E-state index in [4.69, 9.17) is 0 Å². The molecular weight excluding hydrogens is 256 g/mol. The second-order valence-electron chi connectivity index (χ2n) is 4.41. The van der Waals surface area contributed by atoms with Crippen LogP contribution < -0.4 is 5.32 Å². The van der Waals surface area contributed by atoms with E-state index in [0.717, 1.165) is 0 Å². The molecule has 0 saturated carbocycles. The lowest BCUT2D eigenvalue weighted by atomic mass is 10.0. The quantitative estimate of drug-likeness (QED) is 0.670. The number of nitrogens with zero attached hydrogens (tertiary/aromatic N) is 2. The number of nitrogens with one attached hydrogen (secondary N) is 1. The van der Waals surface area contributed by atoms with Crippen LogP contribution in [0.5, 0.6) is 0 Å². The van der Waals surface area contributed by atoms with Gasteiger partial charge in [-0.15, -0.1) is 0 Å². The lowest BCUT2D eigenvalue weighted by molar-refractivity contribution is -0.384. The molecule has 1 saturated heterocycles. The second-order valence-corrected chi connectivity index (χ2v) is 4.41. The fraction of sp³-hybridized carbons (Fsp3) is 0.500. The molecule has 2 rings (SSSR count). The van der Waals surface area contributed by atoms with Crippen LogP contribution in [0.2, 0.25) is 0 Å². The lowest BCUT2D eigenvalue weighted by Crippen LogP contribution is -2.46. The van der Waals surface area contributed by atoms with Crippen LogP contribution in [0.25, 0.3) is 0 Å². The molecule has 1 aromatic carbocycles. The fourth-order valence-electron chi connectivity index (χ4n) is 2.27. The Balaban J connectivity index is 2.20. The van der Waals surface area contributed by atoms with Gasteiger partial charge in [0.25, 0.3) is 12.1 Å². The number of nitro benzene ring substituents is 1. The molecule has 1 aliphatic heterocycles. The molecule has 5 nitrogen and oxygen atoms in total. The van der Waals surface area contributed by atoms with Crippen LogP contribution in [0, 0.1) is 10.1 Å². The van der Waals surface area contributed by atoms with Crippen LogP contribution in [0.4, 0.5) is 14.5 Å². The Morgan fingerprint density at radius 3 is 2.26 bits per heavy atom. The van der Waals surface area contributed by atoms with Crippen molar-refractivity contribution in [2.45, 2.75) is 12.5 Å². The van der Waals surface area contributed by atoms with Crippen molar-refractivity contribution in [2.24, 2.45) is 0 Å². The van der Waals surface area contributed by atoms with Crippen molar-refractivity contribution in [3.8, 4) is 0 Å². The lowest BCUT2D eigenvalue weighted by Gasteiger charge is -2.34. The van der Waals surface area contributed by atoms with E-state index in [0.29, 0.717) is 31.7 Å². The highest BCUT2D eigenvalue weighted by Gasteiger charge is 2.30. The minimum absolute atomic E-state index is 0.0860. The summed E-state index contributed by atoms with van der Waals surface area (Å²) in [7, 11) is 0. The van der Waals surface area contributed by atoms with Crippen LogP contribution in [-0.2, 0) is 0 Å². The van der Waals surface area contributed by atoms with Crippen LogP contribution in [0.3, 0.4) is 0 Å². The highest BCUT2D eigenvalue weighted by molar-refractivity contribution is 5.34. The van der Waals surface area contributed by atoms with Crippen molar-refractivity contribution < 1.29 is 13.7 Å². The number of benzene rings is 1. The maximum atomic E-state index is 13.2. The Morgan fingerprint density at radius 2 is 1.79 bits per heavy atom. The summed E-state index contributed by atoms with van der Waals surface area (Å²) in [5.41, 5.74) is 0.333. The number of hydrogen-bond acceptors (Lipinski definition) is 4. The molecule has 0 spiro atoms. The maximum Gasteiger partial charge on any atom is 0.269 e. The molecule has 0 aromatic heterocycles. The Kier molecular flexibility index (Phi) is 4.39. The smallest absolute Gasteiger partial charge is 0.269 e. The van der Waals surface area contributed by atoms with Crippen molar-refractivity contribution in [3.05, 3.63) is 39.9 Å². The summed E-state index contributed by atoms with van der Waals surface area (Å²) in [5, 5.41) is 13.7. The van der Waals surface area contributed by atoms with Gasteiger partial charge in [-0.3, -0.25) is 15.0 Å². The molecule has 0 aliphatic carbocycles. The van der Waals surface area contributed by atoms with E-state index in [1.54, 1.807) is 4.90 Å². The molecule has 104 valence electrons. The molecule has 1 atom stereocenters. The van der Waals surface area contributed by atoms with Crippen molar-refractivity contribution >= 4 is 5.69 Å². The van der Waals surface area contributed by atoms with E-state index in [9.17, 15) is 18.9 Å². The standard InChI is InChI=1S/C12H15F2N3O2/c13-12(14)11(16-7-5-15-6-8-16)9-1-3-10(4-2-9)17(18)19/h1-4,11-12,15H,5-8H2/t11-/m0/s1. The Morgan fingerprint density at radius 1 is 1.21 bits per heavy atom. The third kappa shape index (κ3) is 3.24. The molecule has 1 heterocycles. The molecule has 1 fully saturated rings. The molecule has 1 aliphatic rings. The number of hydrogen-bond donors (Lipinski definition) is 1. The minimum Gasteiger partial charge on any atom is -0.314 e. The number of halogens is 2. The maximum absolute atomic E-state index is 13.2. The highest BCUT2D eigenvalue weighted by atomic mass is 19.3. The summed E-state index contributed by atoms with van der Waals surface area (Å²) >= 11 is 0. The monoisotopic (exact) mass is 271 g/mol. The van der Waals surface area contributed by atoms with Crippen molar-refractivity contribution in [1.29, 1.82) is 0 Å². The van der Waals surface area contributed by atoms with Crippen LogP contribution >= 0.6 is 0 Å². The van der Waals surface area contributed by atoms with Gasteiger partial charge in [0.2, 0.25) is 0 Å². The number of nitro groups is 1. The van der Waals surface area contributed by atoms with Crippen LogP contribution in [0.15, 0.2) is 24.3 Å². The molecule has 0 bridgehead atoms. The average molecular weight is 271 g/mol. The number of non-ortho nitro benzene ring substituents is 1. The second kappa shape index (κ2) is 6.03. The first-order chi connectivity index (χ1) is 9.09. The van der Waals surface area contributed by atoms with Crippen LogP contribution in [0.1, 0.15) is 11.6 Å². The summed E-state index contributed by atoms with van der Waals surface area (Å²) in [6, 6.07) is 4.37. The average Bonchev–Trinajstić information content (AvgIpc) is 2.40. The third-order valence-electron chi connectivity index (χ3n) is 3.23.